The van der Waals surface area contributed by atoms with E-state index in [2.05, 4.69) is 41.4 Å². The van der Waals surface area contributed by atoms with Gasteiger partial charge in [-0.15, -0.1) is 0 Å². The van der Waals surface area contributed by atoms with Crippen LogP contribution in [0.4, 0.5) is 5.69 Å². The summed E-state index contributed by atoms with van der Waals surface area (Å²) in [6.45, 7) is 8.47. The number of anilines is 1. The third-order valence-corrected chi connectivity index (χ3v) is 5.86. The molecule has 1 heterocycles. The Bertz CT molecular complexity index is 809. The van der Waals surface area contributed by atoms with Gasteiger partial charge in [-0.05, 0) is 61.9 Å². The van der Waals surface area contributed by atoms with Gasteiger partial charge in [0.05, 0.1) is 11.1 Å². The summed E-state index contributed by atoms with van der Waals surface area (Å²) in [6.07, 6.45) is 2.55. The molecular formula is C24H31ClN2O2. The summed E-state index contributed by atoms with van der Waals surface area (Å²) < 4.78 is 5.85. The number of carbonyl (C=O) groups excluding carboxylic acids is 1. The second-order valence-electron chi connectivity index (χ2n) is 7.96. The maximum atomic E-state index is 12.7. The van der Waals surface area contributed by atoms with E-state index >= 15 is 0 Å². The minimum atomic E-state index is -0.577. The Morgan fingerprint density at radius 2 is 1.97 bits per heavy atom. The molecule has 0 radical (unpaired) electrons. The van der Waals surface area contributed by atoms with Crippen LogP contribution in [0, 0.1) is 5.92 Å². The number of para-hydroxylation sites is 1. The average Bonchev–Trinajstić information content (AvgIpc) is 2.73. The molecule has 29 heavy (non-hydrogen) atoms. The SMILES string of the molecule is CC[C@@H](Oc1ccccc1Cl)C(=O)N[C@@H](C)c1ccc(N2CCC[C@@H](C)C2)cc1. The molecule has 1 saturated heterocycles. The number of rotatable bonds is 7. The summed E-state index contributed by atoms with van der Waals surface area (Å²) in [5.41, 5.74) is 2.34. The largest absolute Gasteiger partial charge is 0.479 e. The van der Waals surface area contributed by atoms with E-state index in [4.69, 9.17) is 16.3 Å². The maximum Gasteiger partial charge on any atom is 0.261 e. The van der Waals surface area contributed by atoms with Gasteiger partial charge in [0.25, 0.3) is 5.91 Å². The van der Waals surface area contributed by atoms with E-state index in [0.29, 0.717) is 17.2 Å². The molecule has 1 amide bonds. The minimum Gasteiger partial charge on any atom is -0.479 e. The Morgan fingerprint density at radius 3 is 2.62 bits per heavy atom. The Hall–Kier alpha value is -2.20. The van der Waals surface area contributed by atoms with Crippen LogP contribution in [0.25, 0.3) is 0 Å². The van der Waals surface area contributed by atoms with Crippen LogP contribution in [0.1, 0.15) is 51.6 Å². The standard InChI is InChI=1S/C24H31ClN2O2/c1-4-22(29-23-10-6-5-9-21(23)25)24(28)26-18(3)19-11-13-20(14-12-19)27-15-7-8-17(2)16-27/h5-6,9-14,17-18,22H,4,7-8,15-16H2,1-3H3,(H,26,28)/t17-,18+,22-/m1/s1. The highest BCUT2D eigenvalue weighted by Gasteiger charge is 2.22. The van der Waals surface area contributed by atoms with Crippen molar-refractivity contribution in [2.24, 2.45) is 5.92 Å². The number of benzene rings is 2. The molecule has 0 unspecified atom stereocenters. The van der Waals surface area contributed by atoms with Crippen LogP contribution < -0.4 is 15.0 Å². The third-order valence-electron chi connectivity index (χ3n) is 5.54. The molecule has 1 fully saturated rings. The van der Waals surface area contributed by atoms with E-state index in [-0.39, 0.29) is 11.9 Å². The van der Waals surface area contributed by atoms with Crippen LogP contribution in [0.2, 0.25) is 5.02 Å². The summed E-state index contributed by atoms with van der Waals surface area (Å²) in [5, 5.41) is 3.58. The van der Waals surface area contributed by atoms with Crippen molar-refractivity contribution in [3.63, 3.8) is 0 Å². The molecule has 3 atom stereocenters. The van der Waals surface area contributed by atoms with E-state index in [9.17, 15) is 4.79 Å². The molecular weight excluding hydrogens is 384 g/mol. The maximum absolute atomic E-state index is 12.7. The highest BCUT2D eigenvalue weighted by molar-refractivity contribution is 6.32. The first-order valence-corrected chi connectivity index (χ1v) is 10.9. The predicted molar refractivity (Wildman–Crippen MR) is 120 cm³/mol. The molecule has 1 aliphatic rings. The first-order valence-electron chi connectivity index (χ1n) is 10.5. The van der Waals surface area contributed by atoms with Gasteiger partial charge < -0.3 is 15.0 Å². The monoisotopic (exact) mass is 414 g/mol. The number of hydrogen-bond acceptors (Lipinski definition) is 3. The van der Waals surface area contributed by atoms with Crippen LogP contribution in [0.15, 0.2) is 48.5 Å². The zero-order valence-electron chi connectivity index (χ0n) is 17.5. The number of hydrogen-bond donors (Lipinski definition) is 1. The first-order chi connectivity index (χ1) is 14.0. The molecule has 0 bridgehead atoms. The van der Waals surface area contributed by atoms with Gasteiger partial charge in [0.15, 0.2) is 6.10 Å². The van der Waals surface area contributed by atoms with Gasteiger partial charge >= 0.3 is 0 Å². The number of ether oxygens (including phenoxy) is 1. The molecule has 2 aromatic rings. The number of nitrogens with one attached hydrogen (secondary N) is 1. The Labute approximate surface area is 179 Å². The van der Waals surface area contributed by atoms with Gasteiger partial charge in [0.1, 0.15) is 5.75 Å². The van der Waals surface area contributed by atoms with Crippen molar-refractivity contribution in [3.8, 4) is 5.75 Å². The topological polar surface area (TPSA) is 41.6 Å². The first kappa shape index (κ1) is 21.5. The molecule has 2 aromatic carbocycles. The third kappa shape index (κ3) is 5.66. The Kier molecular flexibility index (Phi) is 7.43. The number of amides is 1. The summed E-state index contributed by atoms with van der Waals surface area (Å²) >= 11 is 6.16. The van der Waals surface area contributed by atoms with E-state index in [0.717, 1.165) is 24.6 Å². The Balaban J connectivity index is 1.60. The number of nitrogens with zero attached hydrogens (tertiary/aromatic N) is 1. The molecule has 1 N–H and O–H groups in total. The van der Waals surface area contributed by atoms with Crippen molar-refractivity contribution >= 4 is 23.2 Å². The van der Waals surface area contributed by atoms with Crippen molar-refractivity contribution in [3.05, 3.63) is 59.1 Å². The predicted octanol–water partition coefficient (Wildman–Crippen LogP) is 5.61. The van der Waals surface area contributed by atoms with Crippen LogP contribution in [0.3, 0.4) is 0 Å². The molecule has 1 aliphatic heterocycles. The molecule has 0 aromatic heterocycles. The summed E-state index contributed by atoms with van der Waals surface area (Å²) in [6, 6.07) is 15.7. The lowest BCUT2D eigenvalue weighted by Crippen LogP contribution is -2.39. The zero-order valence-corrected chi connectivity index (χ0v) is 18.3. The van der Waals surface area contributed by atoms with Gasteiger partial charge in [-0.3, -0.25) is 4.79 Å². The Morgan fingerprint density at radius 1 is 1.24 bits per heavy atom. The number of piperidine rings is 1. The molecule has 156 valence electrons. The summed E-state index contributed by atoms with van der Waals surface area (Å²) in [5.74, 6) is 1.14. The molecule has 0 aliphatic carbocycles. The second kappa shape index (κ2) is 10.0. The van der Waals surface area contributed by atoms with Crippen LogP contribution in [-0.4, -0.2) is 25.1 Å². The lowest BCUT2D eigenvalue weighted by molar-refractivity contribution is -0.128. The van der Waals surface area contributed by atoms with Crippen molar-refractivity contribution < 1.29 is 9.53 Å². The van der Waals surface area contributed by atoms with Gasteiger partial charge in [-0.25, -0.2) is 0 Å². The fourth-order valence-corrected chi connectivity index (χ4v) is 3.98. The zero-order chi connectivity index (χ0) is 20.8. The molecule has 0 spiro atoms. The van der Waals surface area contributed by atoms with Gasteiger partial charge in [-0.2, -0.15) is 0 Å². The average molecular weight is 415 g/mol. The lowest BCUT2D eigenvalue weighted by atomic mass is 9.99. The van der Waals surface area contributed by atoms with Crippen molar-refractivity contribution in [2.75, 3.05) is 18.0 Å². The molecule has 0 saturated carbocycles. The van der Waals surface area contributed by atoms with E-state index in [1.165, 1.54) is 18.5 Å². The number of carbonyl (C=O) groups is 1. The van der Waals surface area contributed by atoms with Crippen LogP contribution in [0.5, 0.6) is 5.75 Å². The minimum absolute atomic E-state index is 0.0966. The highest BCUT2D eigenvalue weighted by Crippen LogP contribution is 2.26. The fourth-order valence-electron chi connectivity index (χ4n) is 3.80. The van der Waals surface area contributed by atoms with Gasteiger partial charge in [0, 0.05) is 18.8 Å². The summed E-state index contributed by atoms with van der Waals surface area (Å²) in [4.78, 5) is 15.2. The number of halogens is 1. The quantitative estimate of drug-likeness (QED) is 0.640. The van der Waals surface area contributed by atoms with Gasteiger partial charge in [-0.1, -0.05) is 49.7 Å². The van der Waals surface area contributed by atoms with Crippen molar-refractivity contribution in [1.29, 1.82) is 0 Å². The molecule has 3 rings (SSSR count). The fraction of sp³-hybridized carbons (Fsp3) is 0.458. The van der Waals surface area contributed by atoms with Crippen LogP contribution in [-0.2, 0) is 4.79 Å². The highest BCUT2D eigenvalue weighted by atomic mass is 35.5. The van der Waals surface area contributed by atoms with Crippen LogP contribution >= 0.6 is 11.6 Å². The lowest BCUT2D eigenvalue weighted by Gasteiger charge is -2.33. The van der Waals surface area contributed by atoms with Gasteiger partial charge in [0.2, 0.25) is 0 Å². The van der Waals surface area contributed by atoms with Crippen molar-refractivity contribution in [2.45, 2.75) is 52.2 Å². The normalized spacial score (nSPS) is 18.8. The second-order valence-corrected chi connectivity index (χ2v) is 8.37. The van der Waals surface area contributed by atoms with E-state index in [1.54, 1.807) is 12.1 Å². The van der Waals surface area contributed by atoms with Crippen molar-refractivity contribution in [1.82, 2.24) is 5.32 Å². The molecule has 4 nitrogen and oxygen atoms in total. The smallest absolute Gasteiger partial charge is 0.261 e. The summed E-state index contributed by atoms with van der Waals surface area (Å²) in [7, 11) is 0. The van der Waals surface area contributed by atoms with E-state index < -0.39 is 6.10 Å². The molecule has 5 heteroatoms. The van der Waals surface area contributed by atoms with E-state index in [1.807, 2.05) is 26.0 Å².